The van der Waals surface area contributed by atoms with Crippen molar-refractivity contribution < 1.29 is 32.8 Å². The molecular formula is C29H35ClFN6O6PS. The van der Waals surface area contributed by atoms with Gasteiger partial charge < -0.3 is 28.9 Å². The minimum Gasteiger partial charge on any atom is -0.462 e. The Morgan fingerprint density at radius 1 is 1.24 bits per heavy atom. The van der Waals surface area contributed by atoms with Crippen molar-refractivity contribution in [3.05, 3.63) is 54.6 Å². The van der Waals surface area contributed by atoms with Gasteiger partial charge >= 0.3 is 12.6 Å². The largest absolute Gasteiger partial charge is 0.462 e. The SMILES string of the molecule is CNc1nc(C)nc2c1ncn2[C@@H]1O[C@](CCl)(CO[P@](=S)(N[C@@H](C)C(=O)OC(C)C)Oc2cccc3ccccc23)[C@@H](O)[C@H]1F. The number of carbonyl (C=O) groups is 1. The molecule has 5 rings (SSSR count). The van der Waals surface area contributed by atoms with Gasteiger partial charge in [0.25, 0.3) is 0 Å². The lowest BCUT2D eigenvalue weighted by Crippen LogP contribution is -2.48. The molecule has 0 unspecified atom stereocenters. The van der Waals surface area contributed by atoms with E-state index in [4.69, 9.17) is 41.9 Å². The quantitative estimate of drug-likeness (QED) is 0.108. The number of ether oxygens (including phenoxy) is 2. The number of fused-ring (bicyclic) bond motifs is 2. The molecule has 0 radical (unpaired) electrons. The van der Waals surface area contributed by atoms with Crippen LogP contribution in [0.15, 0.2) is 48.8 Å². The van der Waals surface area contributed by atoms with Crippen molar-refractivity contribution in [2.24, 2.45) is 0 Å². The van der Waals surface area contributed by atoms with E-state index in [0.29, 0.717) is 28.6 Å². The fourth-order valence-electron chi connectivity index (χ4n) is 5.00. The number of hydrogen-bond donors (Lipinski definition) is 3. The van der Waals surface area contributed by atoms with Crippen LogP contribution in [0.3, 0.4) is 0 Å². The molecule has 45 heavy (non-hydrogen) atoms. The summed E-state index contributed by atoms with van der Waals surface area (Å²) in [7, 11) is 1.69. The summed E-state index contributed by atoms with van der Waals surface area (Å²) >= 11 is 12.3. The number of aliphatic hydroxyl groups excluding tert-OH is 1. The molecule has 2 aromatic heterocycles. The highest BCUT2D eigenvalue weighted by Gasteiger charge is 2.57. The number of halogens is 2. The Morgan fingerprint density at radius 3 is 2.69 bits per heavy atom. The number of aliphatic hydroxyl groups is 1. The van der Waals surface area contributed by atoms with Gasteiger partial charge in [0.1, 0.15) is 29.3 Å². The number of hydrogen-bond acceptors (Lipinski definition) is 11. The van der Waals surface area contributed by atoms with Crippen molar-refractivity contribution >= 4 is 63.8 Å². The second kappa shape index (κ2) is 13.4. The summed E-state index contributed by atoms with van der Waals surface area (Å²) in [5.41, 5.74) is -1.05. The maximum atomic E-state index is 15.9. The van der Waals surface area contributed by atoms with Crippen molar-refractivity contribution in [3.8, 4) is 5.75 Å². The molecule has 16 heteroatoms. The standard InChI is InChI=1S/C29H35ClFN6O6PS/c1-16(2)41-28(39)17(3)36-44(45,43-21-12-8-10-19-9-6-7-11-20(19)21)40-14-29(13-30)24(38)22(31)27(42-29)37-15-33-23-25(32-5)34-18(4)35-26(23)37/h6-12,15-17,22,24,27,38H,13-14H2,1-5H3,(H,36,45)(H,32,34,35)/t17-,22+,24-,27+,29+,44+/m0/s1. The number of carbonyl (C=O) groups excluding carboxylic acids is 1. The summed E-state index contributed by atoms with van der Waals surface area (Å²) in [4.78, 5) is 25.8. The maximum absolute atomic E-state index is 15.9. The zero-order chi connectivity index (χ0) is 32.5. The molecule has 242 valence electrons. The number of nitrogens with zero attached hydrogens (tertiary/aromatic N) is 4. The van der Waals surface area contributed by atoms with Gasteiger partial charge in [-0.1, -0.05) is 36.4 Å². The molecule has 1 aliphatic heterocycles. The topological polar surface area (TPSA) is 142 Å². The molecule has 12 nitrogen and oxygen atoms in total. The zero-order valence-electron chi connectivity index (χ0n) is 25.3. The summed E-state index contributed by atoms with van der Waals surface area (Å²) in [5, 5.41) is 18.8. The number of esters is 1. The first-order valence-corrected chi connectivity index (χ1v) is 17.4. The van der Waals surface area contributed by atoms with Crippen LogP contribution >= 0.6 is 18.2 Å². The van der Waals surface area contributed by atoms with E-state index in [1.165, 1.54) is 10.9 Å². The predicted octanol–water partition coefficient (Wildman–Crippen LogP) is 4.78. The van der Waals surface area contributed by atoms with E-state index in [1.807, 2.05) is 30.3 Å². The average Bonchev–Trinajstić information content (AvgIpc) is 3.54. The molecule has 0 aliphatic carbocycles. The first-order valence-electron chi connectivity index (χ1n) is 14.3. The van der Waals surface area contributed by atoms with Gasteiger partial charge in [-0.25, -0.2) is 24.4 Å². The molecule has 1 fully saturated rings. The summed E-state index contributed by atoms with van der Waals surface area (Å²) in [6.45, 7) is 2.62. The van der Waals surface area contributed by atoms with Gasteiger partial charge in [-0.3, -0.25) is 9.36 Å². The van der Waals surface area contributed by atoms with Crippen molar-refractivity contribution in [1.82, 2.24) is 24.6 Å². The Bertz CT molecular complexity index is 1740. The summed E-state index contributed by atoms with van der Waals surface area (Å²) in [6, 6.07) is 12.0. The van der Waals surface area contributed by atoms with Crippen molar-refractivity contribution in [2.75, 3.05) is 24.9 Å². The Hall–Kier alpha value is -2.97. The third kappa shape index (κ3) is 6.78. The molecule has 0 saturated carbocycles. The van der Waals surface area contributed by atoms with Crippen LogP contribution in [-0.4, -0.2) is 80.2 Å². The highest BCUT2D eigenvalue weighted by molar-refractivity contribution is 8.09. The molecule has 2 aromatic carbocycles. The number of anilines is 1. The molecule has 6 atom stereocenters. The number of benzene rings is 2. The van der Waals surface area contributed by atoms with E-state index in [9.17, 15) is 9.90 Å². The fraction of sp³-hybridized carbons (Fsp3) is 0.448. The van der Waals surface area contributed by atoms with Crippen LogP contribution in [0, 0.1) is 6.92 Å². The molecular weight excluding hydrogens is 646 g/mol. The highest BCUT2D eigenvalue weighted by Crippen LogP contribution is 2.50. The number of imidazole rings is 1. The first kappa shape index (κ1) is 33.4. The monoisotopic (exact) mass is 680 g/mol. The normalized spacial score (nSPS) is 23.7. The van der Waals surface area contributed by atoms with Crippen LogP contribution < -0.4 is 14.9 Å². The van der Waals surface area contributed by atoms with E-state index in [0.717, 1.165) is 10.8 Å². The second-order valence-electron chi connectivity index (χ2n) is 11.0. The van der Waals surface area contributed by atoms with Crippen LogP contribution in [-0.2, 0) is 30.6 Å². The highest BCUT2D eigenvalue weighted by atomic mass is 35.5. The minimum absolute atomic E-state index is 0.307. The molecule has 0 spiro atoms. The third-order valence-corrected chi connectivity index (χ3v) is 10.2. The van der Waals surface area contributed by atoms with Gasteiger partial charge in [-0.15, -0.1) is 11.6 Å². The van der Waals surface area contributed by atoms with E-state index in [-0.39, 0.29) is 12.0 Å². The predicted molar refractivity (Wildman–Crippen MR) is 173 cm³/mol. The van der Waals surface area contributed by atoms with E-state index in [2.05, 4.69) is 25.4 Å². The fourth-order valence-corrected chi connectivity index (χ4v) is 7.74. The van der Waals surface area contributed by atoms with Crippen LogP contribution in [0.5, 0.6) is 5.75 Å². The molecule has 1 saturated heterocycles. The lowest BCUT2D eigenvalue weighted by Gasteiger charge is -2.33. The van der Waals surface area contributed by atoms with Gasteiger partial charge in [0.2, 0.25) is 0 Å². The summed E-state index contributed by atoms with van der Waals surface area (Å²) in [6.07, 6.45) is -4.02. The molecule has 0 amide bonds. The number of aryl methyl sites for hydroxylation is 1. The first-order chi connectivity index (χ1) is 21.4. The molecule has 3 N–H and O–H groups in total. The van der Waals surface area contributed by atoms with Gasteiger partial charge in [-0.2, -0.15) is 0 Å². The number of nitrogens with one attached hydrogen (secondary N) is 2. The van der Waals surface area contributed by atoms with Crippen molar-refractivity contribution in [1.29, 1.82) is 0 Å². The van der Waals surface area contributed by atoms with Gasteiger partial charge in [-0.05, 0) is 51.0 Å². The van der Waals surface area contributed by atoms with Gasteiger partial charge in [0.05, 0.1) is 24.9 Å². The number of aromatic nitrogens is 4. The van der Waals surface area contributed by atoms with Crippen LogP contribution in [0.1, 0.15) is 32.8 Å². The Kier molecular flexibility index (Phi) is 9.95. The van der Waals surface area contributed by atoms with Gasteiger partial charge in [0.15, 0.2) is 29.4 Å². The minimum atomic E-state index is -3.63. The third-order valence-electron chi connectivity index (χ3n) is 7.24. The van der Waals surface area contributed by atoms with Crippen LogP contribution in [0.4, 0.5) is 10.2 Å². The zero-order valence-corrected chi connectivity index (χ0v) is 27.8. The maximum Gasteiger partial charge on any atom is 0.323 e. The van der Waals surface area contributed by atoms with Crippen LogP contribution in [0.2, 0.25) is 0 Å². The second-order valence-corrected chi connectivity index (χ2v) is 14.4. The smallest absolute Gasteiger partial charge is 0.323 e. The molecule has 3 heterocycles. The lowest BCUT2D eigenvalue weighted by atomic mass is 9.99. The summed E-state index contributed by atoms with van der Waals surface area (Å²) < 4.78 is 41.3. The lowest BCUT2D eigenvalue weighted by molar-refractivity contribution is -0.149. The number of alkyl halides is 2. The van der Waals surface area contributed by atoms with Crippen molar-refractivity contribution in [2.45, 2.75) is 63.9 Å². The number of rotatable bonds is 12. The van der Waals surface area contributed by atoms with Gasteiger partial charge in [0, 0.05) is 12.4 Å². The molecule has 0 bridgehead atoms. The van der Waals surface area contributed by atoms with E-state index < -0.39 is 49.4 Å². The Labute approximate surface area is 269 Å². The average molecular weight is 681 g/mol. The Morgan fingerprint density at radius 2 is 1.98 bits per heavy atom. The van der Waals surface area contributed by atoms with E-state index in [1.54, 1.807) is 46.9 Å². The Balaban J connectivity index is 1.45. The van der Waals surface area contributed by atoms with E-state index >= 15 is 4.39 Å². The molecule has 1 aliphatic rings. The van der Waals surface area contributed by atoms with Crippen LogP contribution in [0.25, 0.3) is 21.9 Å². The molecule has 4 aromatic rings. The van der Waals surface area contributed by atoms with Crippen molar-refractivity contribution in [3.63, 3.8) is 0 Å². The summed E-state index contributed by atoms with van der Waals surface area (Å²) in [5.74, 6) is 0.365.